The smallest absolute Gasteiger partial charge is 0.269 e. The largest absolute Gasteiger partial charge is 0.508 e. The number of thioether (sulfide) groups is 1. The summed E-state index contributed by atoms with van der Waals surface area (Å²) < 4.78 is 0.120. The molecule has 0 radical (unpaired) electrons. The first kappa shape index (κ1) is 23.6. The van der Waals surface area contributed by atoms with E-state index in [1.807, 2.05) is 0 Å². The number of nitro benzene ring substituents is 1. The molecule has 2 aliphatic rings. The van der Waals surface area contributed by atoms with Crippen molar-refractivity contribution < 1.29 is 24.4 Å². The zero-order valence-corrected chi connectivity index (χ0v) is 19.5. The zero-order valence-electron chi connectivity index (χ0n) is 17.1. The molecule has 1 unspecified atom stereocenters. The third-order valence-corrected chi connectivity index (χ3v) is 6.59. The van der Waals surface area contributed by atoms with Crippen molar-refractivity contribution >= 4 is 75.1 Å². The molecule has 2 heterocycles. The summed E-state index contributed by atoms with van der Waals surface area (Å²) in [7, 11) is 0. The van der Waals surface area contributed by atoms with Gasteiger partial charge in [0.25, 0.3) is 17.5 Å². The van der Waals surface area contributed by atoms with E-state index < -0.39 is 28.7 Å². The van der Waals surface area contributed by atoms with Crippen LogP contribution in [-0.2, 0) is 14.4 Å². The minimum atomic E-state index is -1.09. The molecule has 1 N–H and O–H groups in total. The molecule has 2 aromatic carbocycles. The maximum absolute atomic E-state index is 13.0. The normalized spacial score (nSPS) is 20.1. The van der Waals surface area contributed by atoms with Crippen molar-refractivity contribution in [2.24, 2.45) is 0 Å². The van der Waals surface area contributed by atoms with Gasteiger partial charge in [-0.05, 0) is 54.1 Å². The highest BCUT2D eigenvalue weighted by Gasteiger charge is 2.48. The van der Waals surface area contributed by atoms with Crippen LogP contribution in [-0.4, -0.2) is 43.0 Å². The lowest BCUT2D eigenvalue weighted by Crippen LogP contribution is -2.44. The van der Waals surface area contributed by atoms with E-state index in [0.717, 1.165) is 21.6 Å². The Kier molecular flexibility index (Phi) is 6.51. The van der Waals surface area contributed by atoms with Gasteiger partial charge in [-0.1, -0.05) is 35.6 Å². The number of non-ortho nitro benzene ring substituents is 1. The number of halogens is 1. The molecule has 3 amide bonds. The van der Waals surface area contributed by atoms with Crippen molar-refractivity contribution in [3.63, 3.8) is 0 Å². The van der Waals surface area contributed by atoms with Crippen molar-refractivity contribution in [1.82, 2.24) is 4.90 Å². The molecule has 2 fully saturated rings. The second kappa shape index (κ2) is 9.37. The highest BCUT2D eigenvalue weighted by Crippen LogP contribution is 2.37. The van der Waals surface area contributed by atoms with Crippen molar-refractivity contribution in [2.45, 2.75) is 12.5 Å². The Morgan fingerprint density at radius 2 is 1.79 bits per heavy atom. The van der Waals surface area contributed by atoms with Gasteiger partial charge in [-0.2, -0.15) is 0 Å². The van der Waals surface area contributed by atoms with Gasteiger partial charge in [-0.3, -0.25) is 29.4 Å². The van der Waals surface area contributed by atoms with E-state index in [-0.39, 0.29) is 37.8 Å². The van der Waals surface area contributed by atoms with E-state index >= 15 is 0 Å². The van der Waals surface area contributed by atoms with Crippen LogP contribution in [0.2, 0.25) is 0 Å². The molecular weight excluding hydrogens is 502 g/mol. The van der Waals surface area contributed by atoms with E-state index in [4.69, 9.17) is 23.8 Å². The first-order valence-corrected chi connectivity index (χ1v) is 11.3. The minimum absolute atomic E-state index is 0.0138. The Balaban J connectivity index is 1.53. The standard InChI is InChI=1S/C22H14ClN3O6S2/c23-13(9-12-1-3-15(4-2-12)26(31)32)10-18-21(30)25(22(33)34-18)17-11-19(28)24(20(17)29)14-5-7-16(27)8-6-14/h1-10,17,27H,11H2/b13-9+,18-10-. The van der Waals surface area contributed by atoms with Crippen LogP contribution in [0.4, 0.5) is 11.4 Å². The highest BCUT2D eigenvalue weighted by atomic mass is 35.5. The van der Waals surface area contributed by atoms with Crippen LogP contribution in [0.15, 0.2) is 64.5 Å². The van der Waals surface area contributed by atoms with Gasteiger partial charge in [0.05, 0.1) is 21.9 Å². The molecule has 0 aliphatic carbocycles. The second-order valence-electron chi connectivity index (χ2n) is 7.23. The monoisotopic (exact) mass is 515 g/mol. The number of carbonyl (C=O) groups excluding carboxylic acids is 3. The number of rotatable bonds is 5. The molecule has 0 spiro atoms. The second-order valence-corrected chi connectivity index (χ2v) is 9.35. The molecule has 12 heteroatoms. The van der Waals surface area contributed by atoms with Gasteiger partial charge in [0.1, 0.15) is 16.1 Å². The van der Waals surface area contributed by atoms with E-state index in [1.165, 1.54) is 60.7 Å². The van der Waals surface area contributed by atoms with E-state index in [9.17, 15) is 29.6 Å². The molecule has 0 bridgehead atoms. The molecule has 4 rings (SSSR count). The fourth-order valence-corrected chi connectivity index (χ4v) is 5.10. The van der Waals surface area contributed by atoms with E-state index in [1.54, 1.807) is 0 Å². The lowest BCUT2D eigenvalue weighted by atomic mass is 10.2. The van der Waals surface area contributed by atoms with Gasteiger partial charge < -0.3 is 5.11 Å². The Labute approximate surface area is 207 Å². The topological polar surface area (TPSA) is 121 Å². The van der Waals surface area contributed by atoms with Crippen LogP contribution in [0.1, 0.15) is 12.0 Å². The zero-order chi connectivity index (χ0) is 24.6. The number of benzene rings is 2. The fraction of sp³-hybridized carbons (Fsp3) is 0.0909. The van der Waals surface area contributed by atoms with Gasteiger partial charge in [0.2, 0.25) is 5.91 Å². The van der Waals surface area contributed by atoms with Crippen molar-refractivity contribution in [2.75, 3.05) is 4.90 Å². The maximum Gasteiger partial charge on any atom is 0.269 e. The summed E-state index contributed by atoms with van der Waals surface area (Å²) in [4.78, 5) is 51.1. The molecular formula is C22H14ClN3O6S2. The van der Waals surface area contributed by atoms with Crippen molar-refractivity contribution in [3.8, 4) is 5.75 Å². The molecule has 2 aromatic rings. The number of amides is 3. The number of anilines is 1. The number of nitro groups is 1. The molecule has 172 valence electrons. The van der Waals surface area contributed by atoms with Crippen LogP contribution in [0, 0.1) is 10.1 Å². The quantitative estimate of drug-likeness (QED) is 0.209. The van der Waals surface area contributed by atoms with Gasteiger partial charge >= 0.3 is 0 Å². The van der Waals surface area contributed by atoms with Crippen LogP contribution >= 0.6 is 35.6 Å². The summed E-state index contributed by atoms with van der Waals surface area (Å²) in [5.74, 6) is -1.65. The lowest BCUT2D eigenvalue weighted by molar-refractivity contribution is -0.384. The maximum atomic E-state index is 13.0. The van der Waals surface area contributed by atoms with Crippen LogP contribution in [0.3, 0.4) is 0 Å². The van der Waals surface area contributed by atoms with Gasteiger partial charge in [-0.25, -0.2) is 4.90 Å². The average molecular weight is 516 g/mol. The number of hydrogen-bond donors (Lipinski definition) is 1. The number of hydrogen-bond acceptors (Lipinski definition) is 8. The third-order valence-electron chi connectivity index (χ3n) is 5.04. The van der Waals surface area contributed by atoms with Gasteiger partial charge in [0.15, 0.2) is 0 Å². The Hall–Kier alpha value is -3.54. The number of carbonyl (C=O) groups is 3. The molecule has 0 aromatic heterocycles. The van der Waals surface area contributed by atoms with Crippen LogP contribution < -0.4 is 4.90 Å². The van der Waals surface area contributed by atoms with Gasteiger partial charge in [-0.15, -0.1) is 0 Å². The van der Waals surface area contributed by atoms with Crippen molar-refractivity contribution in [1.29, 1.82) is 0 Å². The first-order chi connectivity index (χ1) is 16.2. The van der Waals surface area contributed by atoms with E-state index in [2.05, 4.69) is 0 Å². The first-order valence-electron chi connectivity index (χ1n) is 9.70. The third kappa shape index (κ3) is 4.58. The molecule has 9 nitrogen and oxygen atoms in total. The predicted octanol–water partition coefficient (Wildman–Crippen LogP) is 3.96. The predicted molar refractivity (Wildman–Crippen MR) is 131 cm³/mol. The lowest BCUT2D eigenvalue weighted by Gasteiger charge is -2.21. The van der Waals surface area contributed by atoms with Crippen molar-refractivity contribution in [3.05, 3.63) is 80.2 Å². The molecule has 0 saturated carbocycles. The molecule has 34 heavy (non-hydrogen) atoms. The Morgan fingerprint density at radius 3 is 2.41 bits per heavy atom. The van der Waals surface area contributed by atoms with Crippen LogP contribution in [0.5, 0.6) is 5.75 Å². The molecule has 2 saturated heterocycles. The van der Waals surface area contributed by atoms with E-state index in [0.29, 0.717) is 5.56 Å². The molecule has 2 aliphatic heterocycles. The summed E-state index contributed by atoms with van der Waals surface area (Å²) in [5, 5.41) is 20.4. The minimum Gasteiger partial charge on any atom is -0.508 e. The summed E-state index contributed by atoms with van der Waals surface area (Å²) in [5.41, 5.74) is 0.806. The fourth-order valence-electron chi connectivity index (χ4n) is 3.46. The molecule has 1 atom stereocenters. The summed E-state index contributed by atoms with van der Waals surface area (Å²) in [6.45, 7) is 0. The van der Waals surface area contributed by atoms with Gasteiger partial charge in [0, 0.05) is 17.2 Å². The number of phenolic OH excluding ortho intramolecular Hbond substituents is 1. The summed E-state index contributed by atoms with van der Waals surface area (Å²) in [6, 6.07) is 10.2. The summed E-state index contributed by atoms with van der Waals surface area (Å²) >= 11 is 12.5. The number of aromatic hydroxyl groups is 1. The Bertz CT molecular complexity index is 1290. The number of nitrogens with zero attached hydrogens (tertiary/aromatic N) is 3. The Morgan fingerprint density at radius 1 is 1.15 bits per heavy atom. The number of allylic oxidation sites excluding steroid dienone is 2. The van der Waals surface area contributed by atoms with Crippen LogP contribution in [0.25, 0.3) is 6.08 Å². The summed E-state index contributed by atoms with van der Waals surface area (Å²) in [6.07, 6.45) is 2.68. The highest BCUT2D eigenvalue weighted by molar-refractivity contribution is 8.26. The number of phenols is 1. The SMILES string of the molecule is O=C1CC(N2C(=O)/C(=C/C(Cl)=C\c3ccc([N+](=O)[O-])cc3)SC2=S)C(=O)N1c1ccc(O)cc1. The number of thiocarbonyl (C=S) groups is 1. The number of imide groups is 1. The average Bonchev–Trinajstić information content (AvgIpc) is 3.22.